The van der Waals surface area contributed by atoms with Gasteiger partial charge in [0.15, 0.2) is 0 Å². The minimum Gasteiger partial charge on any atom is -0.362 e. The van der Waals surface area contributed by atoms with E-state index in [4.69, 9.17) is 0 Å². The van der Waals surface area contributed by atoms with Crippen molar-refractivity contribution in [1.29, 1.82) is 0 Å². The molecule has 4 atom stereocenters. The molecule has 0 unspecified atom stereocenters. The molecule has 1 saturated heterocycles. The number of rotatable bonds is 2. The average Bonchev–Trinajstić information content (AvgIpc) is 2.73. The van der Waals surface area contributed by atoms with Crippen molar-refractivity contribution in [1.82, 2.24) is 15.1 Å². The van der Waals surface area contributed by atoms with E-state index in [9.17, 15) is 9.59 Å². The maximum absolute atomic E-state index is 13.3. The third-order valence-corrected chi connectivity index (χ3v) is 7.59. The maximum Gasteiger partial charge on any atom is 0.255 e. The van der Waals surface area contributed by atoms with Gasteiger partial charge in [-0.3, -0.25) is 9.59 Å². The number of amides is 2. The molecule has 6 nitrogen and oxygen atoms in total. The van der Waals surface area contributed by atoms with Gasteiger partial charge in [0.05, 0.1) is 5.56 Å². The fourth-order valence-electron chi connectivity index (χ4n) is 5.96. The van der Waals surface area contributed by atoms with Gasteiger partial charge in [-0.1, -0.05) is 19.1 Å². The summed E-state index contributed by atoms with van der Waals surface area (Å²) in [6.07, 6.45) is 3.90. The van der Waals surface area contributed by atoms with Gasteiger partial charge in [0.1, 0.15) is 5.66 Å². The first kappa shape index (κ1) is 18.0. The number of hydrogen-bond donors (Lipinski definition) is 2. The molecule has 6 rings (SSSR count). The van der Waals surface area contributed by atoms with Gasteiger partial charge in [0, 0.05) is 43.7 Å². The summed E-state index contributed by atoms with van der Waals surface area (Å²) in [6.45, 7) is 6.93. The van der Waals surface area contributed by atoms with E-state index < -0.39 is 0 Å². The van der Waals surface area contributed by atoms with Crippen LogP contribution in [0.2, 0.25) is 0 Å². The van der Waals surface area contributed by atoms with Gasteiger partial charge >= 0.3 is 0 Å². The van der Waals surface area contributed by atoms with Crippen molar-refractivity contribution in [3.05, 3.63) is 29.8 Å². The predicted octanol–water partition coefficient (Wildman–Crippen LogP) is 2.14. The SMILES string of the molecule is CCN1CCN(C(=O)[C@H]2C[C@@H]3CC[C@@H]2C[C@]32NC(=O)c3ccccc3N2)CC1. The van der Waals surface area contributed by atoms with Crippen molar-refractivity contribution < 1.29 is 9.59 Å². The molecule has 28 heavy (non-hydrogen) atoms. The van der Waals surface area contributed by atoms with E-state index in [1.54, 1.807) is 0 Å². The molecule has 2 amide bonds. The molecule has 1 aromatic rings. The van der Waals surface area contributed by atoms with E-state index in [2.05, 4.69) is 27.4 Å². The van der Waals surface area contributed by atoms with E-state index in [-0.39, 0.29) is 17.5 Å². The van der Waals surface area contributed by atoms with Gasteiger partial charge in [0.2, 0.25) is 5.91 Å². The first-order valence-electron chi connectivity index (χ1n) is 10.8. The standard InChI is InChI=1S/C22H30N4O2/c1-2-25-9-11-26(12-10-25)21(28)18-13-16-8-7-15(18)14-22(16)23-19-6-4-3-5-17(19)20(27)24-22/h3-6,15-16,18,23H,2,7-14H2,1H3,(H,24,27)/t15-,16+,18+,22+/m1/s1. The molecule has 0 aromatic heterocycles. The molecule has 2 aliphatic heterocycles. The summed E-state index contributed by atoms with van der Waals surface area (Å²) in [6, 6.07) is 7.74. The van der Waals surface area contributed by atoms with Crippen molar-refractivity contribution in [3.8, 4) is 0 Å². The summed E-state index contributed by atoms with van der Waals surface area (Å²) in [5, 5.41) is 6.95. The molecule has 1 aromatic carbocycles. The van der Waals surface area contributed by atoms with E-state index >= 15 is 0 Å². The summed E-state index contributed by atoms with van der Waals surface area (Å²) < 4.78 is 0. The molecule has 6 heteroatoms. The quantitative estimate of drug-likeness (QED) is 0.823. The van der Waals surface area contributed by atoms with Crippen LogP contribution in [-0.4, -0.2) is 60.0 Å². The molecule has 5 aliphatic rings. The molecule has 150 valence electrons. The smallest absolute Gasteiger partial charge is 0.255 e. The highest BCUT2D eigenvalue weighted by molar-refractivity contribution is 6.02. The lowest BCUT2D eigenvalue weighted by molar-refractivity contribution is -0.144. The van der Waals surface area contributed by atoms with Crippen molar-refractivity contribution in [2.75, 3.05) is 38.0 Å². The fraction of sp³-hybridized carbons (Fsp3) is 0.636. The van der Waals surface area contributed by atoms with Gasteiger partial charge in [-0.25, -0.2) is 0 Å². The third kappa shape index (κ3) is 2.81. The normalized spacial score (nSPS) is 34.7. The Labute approximate surface area is 166 Å². The number of para-hydroxylation sites is 1. The number of carbonyl (C=O) groups is 2. The second kappa shape index (κ2) is 6.76. The van der Waals surface area contributed by atoms with Gasteiger partial charge in [-0.15, -0.1) is 0 Å². The average molecular weight is 383 g/mol. The molecule has 1 spiro atoms. The molecular formula is C22H30N4O2. The minimum atomic E-state index is -0.383. The van der Waals surface area contributed by atoms with E-state index in [0.29, 0.717) is 17.7 Å². The molecule has 3 aliphatic carbocycles. The molecule has 3 saturated carbocycles. The number of fused-ring (bicyclic) bond motifs is 3. The van der Waals surface area contributed by atoms with E-state index in [1.807, 2.05) is 24.3 Å². The Morgan fingerprint density at radius 1 is 1.14 bits per heavy atom. The van der Waals surface area contributed by atoms with Gasteiger partial charge in [0.25, 0.3) is 5.91 Å². The zero-order valence-electron chi connectivity index (χ0n) is 16.6. The van der Waals surface area contributed by atoms with Crippen LogP contribution in [0.15, 0.2) is 24.3 Å². The highest BCUT2D eigenvalue weighted by Crippen LogP contribution is 2.52. The van der Waals surface area contributed by atoms with Crippen LogP contribution in [0.1, 0.15) is 43.0 Å². The summed E-state index contributed by atoms with van der Waals surface area (Å²) >= 11 is 0. The molecule has 2 N–H and O–H groups in total. The largest absolute Gasteiger partial charge is 0.362 e. The topological polar surface area (TPSA) is 64.7 Å². The number of hydrogen-bond acceptors (Lipinski definition) is 4. The number of carbonyl (C=O) groups excluding carboxylic acids is 2. The Bertz CT molecular complexity index is 788. The lowest BCUT2D eigenvalue weighted by atomic mass is 9.58. The van der Waals surface area contributed by atoms with Crippen molar-refractivity contribution in [2.24, 2.45) is 17.8 Å². The number of likely N-dealkylation sites (N-methyl/N-ethyl adjacent to an activating group) is 1. The lowest BCUT2D eigenvalue weighted by Gasteiger charge is -2.57. The molecule has 2 heterocycles. The maximum atomic E-state index is 13.3. The van der Waals surface area contributed by atoms with Crippen LogP contribution in [-0.2, 0) is 4.79 Å². The second-order valence-electron chi connectivity index (χ2n) is 8.94. The van der Waals surface area contributed by atoms with Crippen LogP contribution in [0.5, 0.6) is 0 Å². The minimum absolute atomic E-state index is 0.0143. The van der Waals surface area contributed by atoms with Crippen molar-refractivity contribution in [2.45, 2.75) is 38.3 Å². The van der Waals surface area contributed by atoms with Gasteiger partial charge in [-0.2, -0.15) is 0 Å². The molecule has 2 bridgehead atoms. The Balaban J connectivity index is 1.32. The van der Waals surface area contributed by atoms with Crippen molar-refractivity contribution in [3.63, 3.8) is 0 Å². The van der Waals surface area contributed by atoms with E-state index in [1.165, 1.54) is 0 Å². The van der Waals surface area contributed by atoms with Crippen LogP contribution in [0, 0.1) is 17.8 Å². The molecular weight excluding hydrogens is 352 g/mol. The Morgan fingerprint density at radius 2 is 1.93 bits per heavy atom. The van der Waals surface area contributed by atoms with Crippen LogP contribution in [0.4, 0.5) is 5.69 Å². The van der Waals surface area contributed by atoms with Gasteiger partial charge in [-0.05, 0) is 50.3 Å². The number of anilines is 1. The van der Waals surface area contributed by atoms with E-state index in [0.717, 1.165) is 69.7 Å². The molecule has 4 fully saturated rings. The number of benzene rings is 1. The second-order valence-corrected chi connectivity index (χ2v) is 8.94. The highest BCUT2D eigenvalue weighted by atomic mass is 16.2. The number of nitrogens with one attached hydrogen (secondary N) is 2. The summed E-state index contributed by atoms with van der Waals surface area (Å²) in [5.41, 5.74) is 1.26. The first-order chi connectivity index (χ1) is 13.6. The van der Waals surface area contributed by atoms with Crippen LogP contribution in [0.3, 0.4) is 0 Å². The predicted molar refractivity (Wildman–Crippen MR) is 108 cm³/mol. The fourth-order valence-corrected chi connectivity index (χ4v) is 5.96. The number of piperazine rings is 1. The lowest BCUT2D eigenvalue weighted by Crippen LogP contribution is -2.68. The highest BCUT2D eigenvalue weighted by Gasteiger charge is 2.55. The zero-order chi connectivity index (χ0) is 19.3. The number of nitrogens with zero attached hydrogens (tertiary/aromatic N) is 2. The van der Waals surface area contributed by atoms with Crippen LogP contribution >= 0.6 is 0 Å². The van der Waals surface area contributed by atoms with Gasteiger partial charge < -0.3 is 20.4 Å². The summed E-state index contributed by atoms with van der Waals surface area (Å²) in [7, 11) is 0. The summed E-state index contributed by atoms with van der Waals surface area (Å²) in [4.78, 5) is 30.5. The first-order valence-corrected chi connectivity index (χ1v) is 10.8. The molecule has 0 radical (unpaired) electrons. The monoisotopic (exact) mass is 382 g/mol. The zero-order valence-corrected chi connectivity index (χ0v) is 16.6. The van der Waals surface area contributed by atoms with Crippen LogP contribution in [0.25, 0.3) is 0 Å². The van der Waals surface area contributed by atoms with Crippen LogP contribution < -0.4 is 10.6 Å². The Kier molecular flexibility index (Phi) is 4.34. The van der Waals surface area contributed by atoms with Crippen molar-refractivity contribution >= 4 is 17.5 Å². The summed E-state index contributed by atoms with van der Waals surface area (Å²) in [5.74, 6) is 1.14. The Hall–Kier alpha value is -2.08. The third-order valence-electron chi connectivity index (χ3n) is 7.59. The Morgan fingerprint density at radius 3 is 2.64 bits per heavy atom.